The summed E-state index contributed by atoms with van der Waals surface area (Å²) in [5, 5.41) is 25.8. The van der Waals surface area contributed by atoms with Crippen LogP contribution in [0.4, 0.5) is 0 Å². The average Bonchev–Trinajstić information content (AvgIpc) is 1.88. The second-order valence-corrected chi connectivity index (χ2v) is 1.99. The summed E-state index contributed by atoms with van der Waals surface area (Å²) in [5.41, 5.74) is -0.123. The molecule has 0 atom stereocenters. The van der Waals surface area contributed by atoms with Gasteiger partial charge in [-0.25, -0.2) is 0 Å². The van der Waals surface area contributed by atoms with Crippen molar-refractivity contribution in [2.75, 3.05) is 0 Å². The average molecular weight is 148 g/mol. The van der Waals surface area contributed by atoms with Crippen molar-refractivity contribution in [2.24, 2.45) is 0 Å². The molecule has 0 aliphatic heterocycles. The molecule has 1 aromatic heterocycles. The molecule has 0 bridgehead atoms. The Balaban J connectivity index is 0. The monoisotopic (exact) mass is 148 g/mol. The third-order valence-electron chi connectivity index (χ3n) is 1.08. The van der Waals surface area contributed by atoms with Gasteiger partial charge in [0.2, 0.25) is 0 Å². The molecule has 3 N–H and O–H groups in total. The first-order valence-electron chi connectivity index (χ1n) is 2.83. The van der Waals surface area contributed by atoms with E-state index in [4.69, 9.17) is 15.1 Å². The predicted octanol–water partition coefficient (Wildman–Crippen LogP) is -4.68. The molecule has 1 aromatic rings. The predicted molar refractivity (Wildman–Crippen MR) is 37.4 cm³/mol. The van der Waals surface area contributed by atoms with Crippen molar-refractivity contribution in [2.45, 2.75) is 0 Å². The van der Waals surface area contributed by atoms with Crippen molar-refractivity contribution in [3.63, 3.8) is 0 Å². The molecule has 0 fully saturated rings. The molecule has 4 nitrogen and oxygen atoms in total. The fraction of sp³-hybridized carbons (Fsp3) is 0. The first kappa shape index (κ1) is 10.7. The Kier molecular flexibility index (Phi) is 3.80. The van der Waals surface area contributed by atoms with E-state index in [9.17, 15) is 0 Å². The molecule has 0 aliphatic carbocycles. The quantitative estimate of drug-likeness (QED) is 0.350. The van der Waals surface area contributed by atoms with Crippen molar-refractivity contribution in [3.8, 4) is 0 Å². The second kappa shape index (κ2) is 3.91. The second-order valence-electron chi connectivity index (χ2n) is 1.99. The molecule has 0 aliphatic rings. The molecule has 11 heavy (non-hydrogen) atoms. The van der Waals surface area contributed by atoms with Gasteiger partial charge in [-0.15, -0.1) is 0 Å². The van der Waals surface area contributed by atoms with Gasteiger partial charge in [-0.3, -0.25) is 4.98 Å². The number of hydrogen-bond acceptors (Lipinski definition) is 4. The van der Waals surface area contributed by atoms with Crippen LogP contribution in [0.1, 0.15) is 1.43 Å². The van der Waals surface area contributed by atoms with Crippen LogP contribution in [0.2, 0.25) is 0 Å². The largest absolute Gasteiger partial charge is 1.00 e. The van der Waals surface area contributed by atoms with Gasteiger partial charge in [0, 0.05) is 6.20 Å². The number of hydrogen-bond donors (Lipinski definition) is 3. The zero-order chi connectivity index (χ0) is 7.61. The fourth-order valence-corrected chi connectivity index (χ4v) is 0.605. The summed E-state index contributed by atoms with van der Waals surface area (Å²) >= 11 is 0. The van der Waals surface area contributed by atoms with Gasteiger partial charge in [0.25, 0.3) is 0 Å². The molecule has 0 spiro atoms. The van der Waals surface area contributed by atoms with Gasteiger partial charge in [0.05, 0.1) is 0 Å². The van der Waals surface area contributed by atoms with Crippen LogP contribution in [0, 0.1) is 0 Å². The van der Waals surface area contributed by atoms with Crippen LogP contribution < -0.4 is 24.5 Å². The van der Waals surface area contributed by atoms with E-state index < -0.39 is 6.75 Å². The SMILES string of the molecule is O[B-](O)(O)c1ccccn1.[H-].[Li+]. The maximum atomic E-state index is 8.60. The van der Waals surface area contributed by atoms with Crippen molar-refractivity contribution in [1.29, 1.82) is 0 Å². The zero-order valence-corrected chi connectivity index (χ0v) is 6.18. The molecule has 0 amide bonds. The summed E-state index contributed by atoms with van der Waals surface area (Å²) < 4.78 is 0. The van der Waals surface area contributed by atoms with E-state index in [1.807, 2.05) is 0 Å². The molecular formula is C5H8BLiNO3-. The normalized spacial score (nSPS) is 10.5. The molecule has 0 saturated carbocycles. The van der Waals surface area contributed by atoms with Crippen LogP contribution in [0.5, 0.6) is 0 Å². The first-order valence-corrected chi connectivity index (χ1v) is 2.83. The van der Waals surface area contributed by atoms with Crippen LogP contribution in [-0.4, -0.2) is 26.8 Å². The van der Waals surface area contributed by atoms with Gasteiger partial charge >= 0.3 is 25.6 Å². The van der Waals surface area contributed by atoms with Crippen molar-refractivity contribution in [3.05, 3.63) is 24.4 Å². The van der Waals surface area contributed by atoms with E-state index in [-0.39, 0.29) is 25.9 Å². The maximum absolute atomic E-state index is 8.60. The third-order valence-corrected chi connectivity index (χ3v) is 1.08. The molecule has 0 unspecified atom stereocenters. The van der Waals surface area contributed by atoms with E-state index in [2.05, 4.69) is 4.98 Å². The Hall–Kier alpha value is -0.308. The minimum absolute atomic E-state index is 0. The number of pyridine rings is 1. The van der Waals surface area contributed by atoms with E-state index in [1.165, 1.54) is 12.3 Å². The Bertz CT molecular complexity index is 218. The van der Waals surface area contributed by atoms with Gasteiger partial charge in [-0.05, 0) is 11.7 Å². The molecule has 0 aromatic carbocycles. The van der Waals surface area contributed by atoms with Crippen molar-refractivity contribution >= 4 is 12.3 Å². The summed E-state index contributed by atoms with van der Waals surface area (Å²) in [7, 11) is 0. The third kappa shape index (κ3) is 3.06. The Labute approximate surface area is 77.6 Å². The summed E-state index contributed by atoms with van der Waals surface area (Å²) in [5.74, 6) is 0. The summed E-state index contributed by atoms with van der Waals surface area (Å²) in [6, 6.07) is 4.51. The summed E-state index contributed by atoms with van der Waals surface area (Å²) in [6.45, 7) is -3.42. The van der Waals surface area contributed by atoms with E-state index in [0.29, 0.717) is 0 Å². The molecular weight excluding hydrogens is 140 g/mol. The number of rotatable bonds is 1. The van der Waals surface area contributed by atoms with Crippen LogP contribution in [0.15, 0.2) is 24.4 Å². The van der Waals surface area contributed by atoms with Gasteiger partial charge in [0.1, 0.15) is 0 Å². The Morgan fingerprint density at radius 2 is 1.91 bits per heavy atom. The van der Waals surface area contributed by atoms with Crippen LogP contribution in [0.25, 0.3) is 0 Å². The molecule has 0 radical (unpaired) electrons. The number of aromatic nitrogens is 1. The topological polar surface area (TPSA) is 73.6 Å². The fourth-order valence-electron chi connectivity index (χ4n) is 0.605. The Morgan fingerprint density at radius 1 is 1.27 bits per heavy atom. The molecule has 1 heterocycles. The zero-order valence-electron chi connectivity index (χ0n) is 7.18. The van der Waals surface area contributed by atoms with Gasteiger partial charge in [-0.1, -0.05) is 12.1 Å². The van der Waals surface area contributed by atoms with E-state index in [0.717, 1.165) is 0 Å². The molecule has 6 heteroatoms. The minimum atomic E-state index is -3.42. The van der Waals surface area contributed by atoms with E-state index in [1.54, 1.807) is 12.1 Å². The minimum Gasteiger partial charge on any atom is -1.00 e. The van der Waals surface area contributed by atoms with Crippen molar-refractivity contribution < 1.29 is 35.4 Å². The first-order chi connectivity index (χ1) is 4.61. The van der Waals surface area contributed by atoms with Gasteiger partial charge < -0.3 is 16.5 Å². The van der Waals surface area contributed by atoms with Gasteiger partial charge in [-0.2, -0.15) is 0 Å². The van der Waals surface area contributed by atoms with Crippen LogP contribution in [0.3, 0.4) is 0 Å². The van der Waals surface area contributed by atoms with E-state index >= 15 is 0 Å². The Morgan fingerprint density at radius 3 is 2.18 bits per heavy atom. The van der Waals surface area contributed by atoms with Crippen LogP contribution >= 0.6 is 0 Å². The summed E-state index contributed by atoms with van der Waals surface area (Å²) in [6.07, 6.45) is 1.37. The molecule has 56 valence electrons. The summed E-state index contributed by atoms with van der Waals surface area (Å²) in [4.78, 5) is 3.53. The standard InChI is InChI=1S/C5H7BNO3.Li.H/c8-6(9,10)5-3-1-2-4-7-5;;/h1-4,8-10H;;/q-1;+1;-1. The van der Waals surface area contributed by atoms with Crippen LogP contribution in [-0.2, 0) is 0 Å². The molecule has 1 rings (SSSR count). The van der Waals surface area contributed by atoms with Gasteiger partial charge in [0.15, 0.2) is 0 Å². The maximum Gasteiger partial charge on any atom is 1.00 e. The smallest absolute Gasteiger partial charge is 1.00 e. The van der Waals surface area contributed by atoms with Crippen molar-refractivity contribution in [1.82, 2.24) is 4.98 Å². The molecule has 0 saturated heterocycles. The number of nitrogens with zero attached hydrogens (tertiary/aromatic N) is 1.